The van der Waals surface area contributed by atoms with Crippen LogP contribution in [0.25, 0.3) is 0 Å². The molecular weight excluding hydrogens is 218 g/mol. The highest BCUT2D eigenvalue weighted by Gasteiger charge is 2.22. The van der Waals surface area contributed by atoms with Gasteiger partial charge in [-0.1, -0.05) is 18.6 Å². The molecule has 0 aromatic rings. The predicted molar refractivity (Wildman–Crippen MR) is 65.0 cm³/mol. The number of rotatable bonds is 3. The molecule has 94 valence electrons. The van der Waals surface area contributed by atoms with Crippen molar-refractivity contribution in [3.63, 3.8) is 0 Å². The van der Waals surface area contributed by atoms with E-state index in [9.17, 15) is 9.59 Å². The molecular formula is C13H19NO3. The van der Waals surface area contributed by atoms with E-state index in [0.29, 0.717) is 6.54 Å². The van der Waals surface area contributed by atoms with Crippen LogP contribution in [-0.4, -0.2) is 29.9 Å². The second-order valence-electron chi connectivity index (χ2n) is 4.31. The molecule has 0 saturated carbocycles. The molecule has 4 heteroatoms. The number of allylic oxidation sites excluding steroid dienone is 3. The number of esters is 1. The minimum absolute atomic E-state index is 0.0442. The fourth-order valence-electron chi connectivity index (χ4n) is 1.91. The maximum absolute atomic E-state index is 12.1. The number of amides is 1. The SMILES string of the molecule is CC(=O)OCCN1C(=O)[C@@H](C)C=C(C)C=C1C. The van der Waals surface area contributed by atoms with Crippen LogP contribution in [0.5, 0.6) is 0 Å². The van der Waals surface area contributed by atoms with Crippen molar-refractivity contribution in [1.82, 2.24) is 4.90 Å². The quantitative estimate of drug-likeness (QED) is 0.704. The molecule has 4 nitrogen and oxygen atoms in total. The van der Waals surface area contributed by atoms with Crippen LogP contribution < -0.4 is 0 Å². The zero-order valence-corrected chi connectivity index (χ0v) is 10.8. The van der Waals surface area contributed by atoms with Gasteiger partial charge in [-0.3, -0.25) is 9.59 Å². The molecule has 0 spiro atoms. The average molecular weight is 237 g/mol. The Morgan fingerprint density at radius 3 is 2.71 bits per heavy atom. The van der Waals surface area contributed by atoms with Crippen LogP contribution in [0.4, 0.5) is 0 Å². The second-order valence-corrected chi connectivity index (χ2v) is 4.31. The van der Waals surface area contributed by atoms with Crippen molar-refractivity contribution in [2.24, 2.45) is 5.92 Å². The van der Waals surface area contributed by atoms with Crippen LogP contribution in [0.2, 0.25) is 0 Å². The van der Waals surface area contributed by atoms with Crippen LogP contribution in [-0.2, 0) is 14.3 Å². The molecule has 1 aliphatic heterocycles. The predicted octanol–water partition coefficient (Wildman–Crippen LogP) is 1.88. The Labute approximate surface area is 102 Å². The summed E-state index contributed by atoms with van der Waals surface area (Å²) < 4.78 is 4.87. The fraction of sp³-hybridized carbons (Fsp3) is 0.538. The van der Waals surface area contributed by atoms with Gasteiger partial charge in [0.15, 0.2) is 0 Å². The molecule has 0 aromatic heterocycles. The number of ether oxygens (including phenoxy) is 1. The van der Waals surface area contributed by atoms with Gasteiger partial charge in [-0.15, -0.1) is 0 Å². The minimum atomic E-state index is -0.323. The lowest BCUT2D eigenvalue weighted by Gasteiger charge is -2.23. The number of carbonyl (C=O) groups is 2. The zero-order valence-electron chi connectivity index (χ0n) is 10.8. The summed E-state index contributed by atoms with van der Waals surface area (Å²) in [7, 11) is 0. The van der Waals surface area contributed by atoms with Crippen LogP contribution in [0.15, 0.2) is 23.4 Å². The summed E-state index contributed by atoms with van der Waals surface area (Å²) in [4.78, 5) is 24.4. The van der Waals surface area contributed by atoms with Gasteiger partial charge in [0.2, 0.25) is 5.91 Å². The highest BCUT2D eigenvalue weighted by Crippen LogP contribution is 2.18. The molecule has 1 atom stereocenters. The normalized spacial score (nSPS) is 20.6. The molecule has 1 heterocycles. The van der Waals surface area contributed by atoms with Gasteiger partial charge in [0.05, 0.1) is 12.5 Å². The van der Waals surface area contributed by atoms with Gasteiger partial charge in [0.25, 0.3) is 0 Å². The van der Waals surface area contributed by atoms with Crippen molar-refractivity contribution in [3.8, 4) is 0 Å². The first-order valence-corrected chi connectivity index (χ1v) is 5.73. The van der Waals surface area contributed by atoms with Crippen LogP contribution in [0.3, 0.4) is 0 Å². The number of carbonyl (C=O) groups excluding carboxylic acids is 2. The van der Waals surface area contributed by atoms with Crippen molar-refractivity contribution in [2.75, 3.05) is 13.2 Å². The summed E-state index contributed by atoms with van der Waals surface area (Å²) in [6.07, 6.45) is 3.91. The zero-order chi connectivity index (χ0) is 13.0. The third-order valence-electron chi connectivity index (χ3n) is 2.65. The highest BCUT2D eigenvalue weighted by atomic mass is 16.5. The molecule has 0 aliphatic carbocycles. The monoisotopic (exact) mass is 237 g/mol. The van der Waals surface area contributed by atoms with E-state index in [-0.39, 0.29) is 24.4 Å². The smallest absolute Gasteiger partial charge is 0.302 e. The van der Waals surface area contributed by atoms with Crippen LogP contribution in [0.1, 0.15) is 27.7 Å². The molecule has 17 heavy (non-hydrogen) atoms. The lowest BCUT2D eigenvalue weighted by molar-refractivity contribution is -0.143. The third kappa shape index (κ3) is 3.73. The standard InChI is InChI=1S/C13H19NO3/c1-9-7-10(2)13(16)14(11(3)8-9)5-6-17-12(4)15/h7-8,10H,5-6H2,1-4H3/t10-/m0/s1. The number of nitrogens with zero attached hydrogens (tertiary/aromatic N) is 1. The first-order valence-electron chi connectivity index (χ1n) is 5.73. The number of hydrogen-bond donors (Lipinski definition) is 0. The highest BCUT2D eigenvalue weighted by molar-refractivity contribution is 5.82. The molecule has 1 rings (SSSR count). The lowest BCUT2D eigenvalue weighted by Crippen LogP contribution is -2.35. The number of hydrogen-bond acceptors (Lipinski definition) is 3. The van der Waals surface area contributed by atoms with Crippen LogP contribution >= 0.6 is 0 Å². The summed E-state index contributed by atoms with van der Waals surface area (Å²) in [5, 5.41) is 0. The summed E-state index contributed by atoms with van der Waals surface area (Å²) in [6.45, 7) is 7.74. The first kappa shape index (κ1) is 13.5. The van der Waals surface area contributed by atoms with Crippen molar-refractivity contribution < 1.29 is 14.3 Å². The molecule has 0 aromatic carbocycles. The van der Waals surface area contributed by atoms with Gasteiger partial charge in [0.1, 0.15) is 6.61 Å². The third-order valence-corrected chi connectivity index (χ3v) is 2.65. The van der Waals surface area contributed by atoms with Gasteiger partial charge >= 0.3 is 5.97 Å². The van der Waals surface area contributed by atoms with Crippen LogP contribution in [0, 0.1) is 5.92 Å². The van der Waals surface area contributed by atoms with E-state index in [2.05, 4.69) is 0 Å². The van der Waals surface area contributed by atoms with E-state index in [0.717, 1.165) is 11.3 Å². The van der Waals surface area contributed by atoms with E-state index < -0.39 is 0 Å². The van der Waals surface area contributed by atoms with E-state index in [1.165, 1.54) is 6.92 Å². The van der Waals surface area contributed by atoms with E-state index in [1.807, 2.05) is 32.9 Å². The van der Waals surface area contributed by atoms with E-state index in [4.69, 9.17) is 4.74 Å². The van der Waals surface area contributed by atoms with Gasteiger partial charge < -0.3 is 9.64 Å². The Morgan fingerprint density at radius 2 is 2.12 bits per heavy atom. The summed E-state index contributed by atoms with van der Waals surface area (Å²) >= 11 is 0. The first-order chi connectivity index (χ1) is 7.91. The van der Waals surface area contributed by atoms with Gasteiger partial charge in [-0.2, -0.15) is 0 Å². The fourth-order valence-corrected chi connectivity index (χ4v) is 1.91. The van der Waals surface area contributed by atoms with Gasteiger partial charge in [0, 0.05) is 12.6 Å². The largest absolute Gasteiger partial charge is 0.464 e. The summed E-state index contributed by atoms with van der Waals surface area (Å²) in [5.41, 5.74) is 1.97. The van der Waals surface area contributed by atoms with Crippen molar-refractivity contribution in [2.45, 2.75) is 27.7 Å². The molecule has 0 unspecified atom stereocenters. The summed E-state index contributed by atoms with van der Waals surface area (Å²) in [5.74, 6) is -0.417. The Morgan fingerprint density at radius 1 is 1.47 bits per heavy atom. The molecule has 0 saturated heterocycles. The Balaban J connectivity index is 2.72. The van der Waals surface area contributed by atoms with E-state index >= 15 is 0 Å². The molecule has 0 bridgehead atoms. The molecule has 1 amide bonds. The Hall–Kier alpha value is -1.58. The average Bonchev–Trinajstić information content (AvgIpc) is 2.29. The Bertz CT molecular complexity index is 382. The minimum Gasteiger partial charge on any atom is -0.464 e. The second kappa shape index (κ2) is 5.66. The maximum Gasteiger partial charge on any atom is 0.302 e. The van der Waals surface area contributed by atoms with Gasteiger partial charge in [-0.25, -0.2) is 0 Å². The molecule has 1 aliphatic rings. The lowest BCUT2D eigenvalue weighted by atomic mass is 10.1. The van der Waals surface area contributed by atoms with E-state index in [1.54, 1.807) is 4.90 Å². The molecule has 0 radical (unpaired) electrons. The van der Waals surface area contributed by atoms with Crippen molar-refractivity contribution in [1.29, 1.82) is 0 Å². The van der Waals surface area contributed by atoms with Crippen molar-refractivity contribution >= 4 is 11.9 Å². The van der Waals surface area contributed by atoms with Crippen molar-refractivity contribution in [3.05, 3.63) is 23.4 Å². The summed E-state index contributed by atoms with van der Waals surface area (Å²) in [6, 6.07) is 0. The maximum atomic E-state index is 12.1. The topological polar surface area (TPSA) is 46.6 Å². The molecule has 0 N–H and O–H groups in total. The van der Waals surface area contributed by atoms with Gasteiger partial charge in [-0.05, 0) is 19.9 Å². The Kier molecular flexibility index (Phi) is 4.49. The molecule has 0 fully saturated rings.